The second-order valence-electron chi connectivity index (χ2n) is 5.68. The lowest BCUT2D eigenvalue weighted by atomic mass is 10.1. The quantitative estimate of drug-likeness (QED) is 0.518. The van der Waals surface area contributed by atoms with E-state index in [1.165, 1.54) is 11.6 Å². The van der Waals surface area contributed by atoms with Crippen LogP contribution in [0.15, 0.2) is 53.5 Å². The summed E-state index contributed by atoms with van der Waals surface area (Å²) in [7, 11) is 1.70. The number of nitrogens with one attached hydrogen (secondary N) is 2. The van der Waals surface area contributed by atoms with Crippen molar-refractivity contribution in [3.05, 3.63) is 59.7 Å². The first-order valence-corrected chi connectivity index (χ1v) is 8.81. The number of hydrogen-bond donors (Lipinski definition) is 2. The summed E-state index contributed by atoms with van der Waals surface area (Å²) in [5.41, 5.74) is 2.11. The first kappa shape index (κ1) is 20.5. The molecule has 27 heavy (non-hydrogen) atoms. The molecule has 0 saturated heterocycles. The summed E-state index contributed by atoms with van der Waals surface area (Å²) < 4.78 is 34.8. The first-order valence-electron chi connectivity index (χ1n) is 8.81. The molecule has 0 amide bonds. The molecule has 0 aliphatic carbocycles. The van der Waals surface area contributed by atoms with Crippen LogP contribution in [0.1, 0.15) is 18.1 Å². The van der Waals surface area contributed by atoms with Crippen LogP contribution in [0.4, 0.5) is 8.78 Å². The Morgan fingerprint density at radius 2 is 1.81 bits per heavy atom. The highest BCUT2D eigenvalue weighted by Gasteiger charge is 2.11. The van der Waals surface area contributed by atoms with Crippen molar-refractivity contribution in [3.8, 4) is 11.5 Å². The minimum Gasteiger partial charge on any atom is -0.490 e. The van der Waals surface area contributed by atoms with Gasteiger partial charge in [0.2, 0.25) is 0 Å². The van der Waals surface area contributed by atoms with Gasteiger partial charge in [0.25, 0.3) is 0 Å². The summed E-state index contributed by atoms with van der Waals surface area (Å²) in [6.45, 7) is 0.477. The summed E-state index contributed by atoms with van der Waals surface area (Å²) in [6, 6.07) is 15.1. The van der Waals surface area contributed by atoms with Crippen molar-refractivity contribution >= 4 is 5.96 Å². The highest BCUT2D eigenvalue weighted by Crippen LogP contribution is 2.29. The molecule has 0 aliphatic heterocycles. The molecule has 2 aromatic rings. The fourth-order valence-electron chi connectivity index (χ4n) is 2.50. The van der Waals surface area contributed by atoms with Gasteiger partial charge in [0.1, 0.15) is 0 Å². The number of aliphatic imine (C=N–C) groups is 1. The van der Waals surface area contributed by atoms with Crippen LogP contribution in [0, 0.1) is 0 Å². The molecule has 0 unspecified atom stereocenters. The first-order chi connectivity index (χ1) is 13.1. The molecule has 0 saturated carbocycles. The predicted octanol–water partition coefficient (Wildman–Crippen LogP) is 3.59. The van der Waals surface area contributed by atoms with Gasteiger partial charge in [-0.1, -0.05) is 36.4 Å². The standard InChI is InChI=1S/C20H25F2N3O2/c1-3-26-18-13-16(9-10-17(18)27-19(21)22)14-25-20(23-2)24-12-11-15-7-5-4-6-8-15/h4-10,13,19H,3,11-12,14H2,1-2H3,(H2,23,24,25). The summed E-state index contributed by atoms with van der Waals surface area (Å²) in [5.74, 6) is 0.988. The normalized spacial score (nSPS) is 11.4. The highest BCUT2D eigenvalue weighted by atomic mass is 19.3. The molecular formula is C20H25F2N3O2. The topological polar surface area (TPSA) is 54.9 Å². The molecular weight excluding hydrogens is 352 g/mol. The van der Waals surface area contributed by atoms with E-state index in [2.05, 4.69) is 32.5 Å². The van der Waals surface area contributed by atoms with Gasteiger partial charge in [0.05, 0.1) is 6.61 Å². The minimum absolute atomic E-state index is 0.0287. The number of benzene rings is 2. The predicted molar refractivity (Wildman–Crippen MR) is 103 cm³/mol. The molecule has 0 aliphatic rings. The molecule has 0 atom stereocenters. The summed E-state index contributed by atoms with van der Waals surface area (Å²) in [4.78, 5) is 4.19. The van der Waals surface area contributed by atoms with Crippen LogP contribution in [0.2, 0.25) is 0 Å². The van der Waals surface area contributed by atoms with Crippen LogP contribution in [-0.2, 0) is 13.0 Å². The number of rotatable bonds is 9. The number of nitrogens with zero attached hydrogens (tertiary/aromatic N) is 1. The largest absolute Gasteiger partial charge is 0.490 e. The van der Waals surface area contributed by atoms with Gasteiger partial charge in [-0.25, -0.2) is 0 Å². The molecule has 0 radical (unpaired) electrons. The molecule has 0 fully saturated rings. The van der Waals surface area contributed by atoms with E-state index in [9.17, 15) is 8.78 Å². The summed E-state index contributed by atoms with van der Waals surface area (Å²) >= 11 is 0. The number of hydrogen-bond acceptors (Lipinski definition) is 3. The number of guanidine groups is 1. The number of ether oxygens (including phenoxy) is 2. The Bertz CT molecular complexity index is 724. The van der Waals surface area contributed by atoms with Crippen LogP contribution in [0.3, 0.4) is 0 Å². The van der Waals surface area contributed by atoms with Crippen molar-refractivity contribution in [2.45, 2.75) is 26.5 Å². The van der Waals surface area contributed by atoms with Crippen LogP contribution in [0.5, 0.6) is 11.5 Å². The fraction of sp³-hybridized carbons (Fsp3) is 0.350. The molecule has 7 heteroatoms. The lowest BCUT2D eigenvalue weighted by Gasteiger charge is -2.15. The molecule has 2 N–H and O–H groups in total. The van der Waals surface area contributed by atoms with Gasteiger partial charge in [0, 0.05) is 20.1 Å². The maximum absolute atomic E-state index is 12.5. The van der Waals surface area contributed by atoms with E-state index in [0.29, 0.717) is 24.9 Å². The van der Waals surface area contributed by atoms with E-state index in [-0.39, 0.29) is 5.75 Å². The van der Waals surface area contributed by atoms with Gasteiger partial charge in [-0.2, -0.15) is 8.78 Å². The Hall–Kier alpha value is -2.83. The average Bonchev–Trinajstić information content (AvgIpc) is 2.67. The lowest BCUT2D eigenvalue weighted by molar-refractivity contribution is -0.0514. The zero-order valence-electron chi connectivity index (χ0n) is 15.5. The monoisotopic (exact) mass is 377 g/mol. The Balaban J connectivity index is 1.88. The van der Waals surface area contributed by atoms with Crippen molar-refractivity contribution < 1.29 is 18.3 Å². The van der Waals surface area contributed by atoms with Gasteiger partial charge in [-0.05, 0) is 36.6 Å². The van der Waals surface area contributed by atoms with E-state index in [1.807, 2.05) is 18.2 Å². The van der Waals surface area contributed by atoms with Crippen LogP contribution >= 0.6 is 0 Å². The summed E-state index contributed by atoms with van der Waals surface area (Å²) in [6.07, 6.45) is 0.885. The van der Waals surface area contributed by atoms with Gasteiger partial charge in [0.15, 0.2) is 17.5 Å². The molecule has 0 spiro atoms. The maximum Gasteiger partial charge on any atom is 0.387 e. The van der Waals surface area contributed by atoms with E-state index in [4.69, 9.17) is 4.74 Å². The molecule has 2 rings (SSSR count). The molecule has 146 valence electrons. The van der Waals surface area contributed by atoms with E-state index in [0.717, 1.165) is 18.5 Å². The van der Waals surface area contributed by atoms with Crippen LogP contribution in [0.25, 0.3) is 0 Å². The Labute approximate surface area is 158 Å². The smallest absolute Gasteiger partial charge is 0.387 e. The minimum atomic E-state index is -2.89. The van der Waals surface area contributed by atoms with E-state index < -0.39 is 6.61 Å². The second kappa shape index (κ2) is 11.0. The van der Waals surface area contributed by atoms with Crippen molar-refractivity contribution in [2.75, 3.05) is 20.2 Å². The lowest BCUT2D eigenvalue weighted by Crippen LogP contribution is -2.37. The fourth-order valence-corrected chi connectivity index (χ4v) is 2.50. The Kier molecular flexibility index (Phi) is 8.35. The van der Waals surface area contributed by atoms with Gasteiger partial charge >= 0.3 is 6.61 Å². The molecule has 0 heterocycles. The zero-order valence-corrected chi connectivity index (χ0v) is 15.5. The SMILES string of the molecule is CCOc1cc(CNC(=NC)NCCc2ccccc2)ccc1OC(F)F. The maximum atomic E-state index is 12.5. The zero-order chi connectivity index (χ0) is 19.5. The highest BCUT2D eigenvalue weighted by molar-refractivity contribution is 5.79. The summed E-state index contributed by atoms with van der Waals surface area (Å²) in [5, 5.41) is 6.45. The van der Waals surface area contributed by atoms with Crippen molar-refractivity contribution in [1.29, 1.82) is 0 Å². The van der Waals surface area contributed by atoms with Gasteiger partial charge < -0.3 is 20.1 Å². The Morgan fingerprint density at radius 1 is 1.04 bits per heavy atom. The second-order valence-corrected chi connectivity index (χ2v) is 5.68. The van der Waals surface area contributed by atoms with Gasteiger partial charge in [-0.3, -0.25) is 4.99 Å². The van der Waals surface area contributed by atoms with Crippen molar-refractivity contribution in [3.63, 3.8) is 0 Å². The third-order valence-electron chi connectivity index (χ3n) is 3.76. The van der Waals surface area contributed by atoms with Crippen LogP contribution < -0.4 is 20.1 Å². The third kappa shape index (κ3) is 7.13. The molecule has 5 nitrogen and oxygen atoms in total. The third-order valence-corrected chi connectivity index (χ3v) is 3.76. The Morgan fingerprint density at radius 3 is 2.48 bits per heavy atom. The molecule has 0 aromatic heterocycles. The number of halogens is 2. The molecule has 0 bridgehead atoms. The van der Waals surface area contributed by atoms with E-state index in [1.54, 1.807) is 26.1 Å². The number of alkyl halides is 2. The molecule has 2 aromatic carbocycles. The van der Waals surface area contributed by atoms with E-state index >= 15 is 0 Å². The van der Waals surface area contributed by atoms with Gasteiger partial charge in [-0.15, -0.1) is 0 Å². The van der Waals surface area contributed by atoms with Crippen molar-refractivity contribution in [1.82, 2.24) is 10.6 Å². The van der Waals surface area contributed by atoms with Crippen LogP contribution in [-0.4, -0.2) is 32.8 Å². The van der Waals surface area contributed by atoms with Crippen molar-refractivity contribution in [2.24, 2.45) is 4.99 Å². The average molecular weight is 377 g/mol.